The Hall–Kier alpha value is -3.35. The number of benzene rings is 2. The summed E-state index contributed by atoms with van der Waals surface area (Å²) >= 11 is 0. The Morgan fingerprint density at radius 1 is 1.03 bits per heavy atom. The first-order chi connectivity index (χ1) is 16.9. The molecule has 0 spiro atoms. The van der Waals surface area contributed by atoms with E-state index in [1.165, 1.54) is 30.5 Å². The van der Waals surface area contributed by atoms with E-state index < -0.39 is 6.04 Å². The minimum Gasteiger partial charge on any atom is -0.493 e. The van der Waals surface area contributed by atoms with Gasteiger partial charge in [0.25, 0.3) is 0 Å². The molecule has 188 valence electrons. The highest BCUT2D eigenvalue weighted by molar-refractivity contribution is 5.88. The number of nitrogens with one attached hydrogen (secondary N) is 1. The lowest BCUT2D eigenvalue weighted by atomic mass is 9.97. The largest absolute Gasteiger partial charge is 0.493 e. The van der Waals surface area contributed by atoms with E-state index in [9.17, 15) is 14.0 Å². The van der Waals surface area contributed by atoms with Crippen LogP contribution in [0, 0.1) is 5.82 Å². The minimum atomic E-state index is -0.687. The fraction of sp³-hybridized carbons (Fsp3) is 0.429. The summed E-state index contributed by atoms with van der Waals surface area (Å²) in [6, 6.07) is 10.6. The van der Waals surface area contributed by atoms with Gasteiger partial charge in [-0.05, 0) is 74.4 Å². The van der Waals surface area contributed by atoms with Crippen LogP contribution in [0.2, 0.25) is 0 Å². The van der Waals surface area contributed by atoms with Crippen molar-refractivity contribution in [2.45, 2.75) is 58.0 Å². The van der Waals surface area contributed by atoms with E-state index in [0.717, 1.165) is 30.4 Å². The second-order valence-electron chi connectivity index (χ2n) is 8.84. The third-order valence-electron chi connectivity index (χ3n) is 6.37. The van der Waals surface area contributed by atoms with Crippen LogP contribution in [0.15, 0.2) is 54.1 Å². The van der Waals surface area contributed by atoms with Crippen molar-refractivity contribution >= 4 is 11.8 Å². The molecule has 0 radical (unpaired) electrons. The smallest absolute Gasteiger partial charge is 0.242 e. The standard InChI is InChI=1S/C28H35FN2O4/c1-20(28(33)30-16-15-21-7-5-4-6-8-21)31(19-22-9-12-24(29)13-10-22)27(32)18-23-11-14-25(34-2)26(17-23)35-3/h7,9-14,17,20H,4-6,8,15-16,18-19H2,1-3H3,(H,30,33)/t20-/m0/s1. The lowest BCUT2D eigenvalue weighted by Gasteiger charge is -2.29. The summed E-state index contributed by atoms with van der Waals surface area (Å²) in [5.41, 5.74) is 2.88. The third kappa shape index (κ3) is 7.57. The van der Waals surface area contributed by atoms with E-state index in [0.29, 0.717) is 18.0 Å². The monoisotopic (exact) mass is 482 g/mol. The SMILES string of the molecule is COc1ccc(CC(=O)N(Cc2ccc(F)cc2)[C@@H](C)C(=O)NCCC2=CCCCC2)cc1OC. The van der Waals surface area contributed by atoms with Crippen LogP contribution in [0.1, 0.15) is 50.2 Å². The van der Waals surface area contributed by atoms with Gasteiger partial charge in [-0.2, -0.15) is 0 Å². The van der Waals surface area contributed by atoms with Crippen molar-refractivity contribution in [3.8, 4) is 11.5 Å². The Bertz CT molecular complexity index is 1040. The van der Waals surface area contributed by atoms with Crippen molar-refractivity contribution in [3.63, 3.8) is 0 Å². The van der Waals surface area contributed by atoms with E-state index in [1.807, 2.05) is 0 Å². The highest BCUT2D eigenvalue weighted by Gasteiger charge is 2.26. The van der Waals surface area contributed by atoms with Crippen molar-refractivity contribution in [1.29, 1.82) is 0 Å². The van der Waals surface area contributed by atoms with Crippen LogP contribution in [-0.4, -0.2) is 43.5 Å². The molecule has 0 saturated carbocycles. The highest BCUT2D eigenvalue weighted by Crippen LogP contribution is 2.28. The molecule has 0 fully saturated rings. The van der Waals surface area contributed by atoms with Crippen molar-refractivity contribution in [3.05, 3.63) is 71.1 Å². The lowest BCUT2D eigenvalue weighted by Crippen LogP contribution is -2.48. The van der Waals surface area contributed by atoms with Crippen molar-refractivity contribution in [2.24, 2.45) is 0 Å². The first kappa shape index (κ1) is 26.3. The maximum atomic E-state index is 13.4. The zero-order valence-corrected chi connectivity index (χ0v) is 20.8. The predicted molar refractivity (Wildman–Crippen MR) is 134 cm³/mol. The van der Waals surface area contributed by atoms with Crippen LogP contribution in [0.3, 0.4) is 0 Å². The molecule has 0 bridgehead atoms. The van der Waals surface area contributed by atoms with Crippen LogP contribution in [0.5, 0.6) is 11.5 Å². The molecule has 7 heteroatoms. The zero-order valence-electron chi connectivity index (χ0n) is 20.8. The highest BCUT2D eigenvalue weighted by atomic mass is 19.1. The van der Waals surface area contributed by atoms with Gasteiger partial charge < -0.3 is 19.7 Å². The van der Waals surface area contributed by atoms with E-state index in [1.54, 1.807) is 56.4 Å². The molecule has 1 N–H and O–H groups in total. The summed E-state index contributed by atoms with van der Waals surface area (Å²) in [7, 11) is 3.10. The number of methoxy groups -OCH3 is 2. The van der Waals surface area contributed by atoms with Gasteiger partial charge in [0.2, 0.25) is 11.8 Å². The number of amides is 2. The molecular weight excluding hydrogens is 447 g/mol. The minimum absolute atomic E-state index is 0.0893. The second-order valence-corrected chi connectivity index (χ2v) is 8.84. The number of allylic oxidation sites excluding steroid dienone is 1. The number of halogens is 1. The Morgan fingerprint density at radius 3 is 2.40 bits per heavy atom. The first-order valence-electron chi connectivity index (χ1n) is 12.1. The zero-order chi connectivity index (χ0) is 25.2. The number of ether oxygens (including phenoxy) is 2. The normalized spacial score (nSPS) is 14.0. The average Bonchev–Trinajstić information content (AvgIpc) is 2.88. The van der Waals surface area contributed by atoms with Gasteiger partial charge in [0.05, 0.1) is 20.6 Å². The topological polar surface area (TPSA) is 67.9 Å². The molecule has 0 aromatic heterocycles. The Balaban J connectivity index is 1.71. The summed E-state index contributed by atoms with van der Waals surface area (Å²) in [6.45, 7) is 2.47. The molecule has 0 saturated heterocycles. The molecule has 3 rings (SSSR count). The van der Waals surface area contributed by atoms with Gasteiger partial charge in [-0.25, -0.2) is 4.39 Å². The summed E-state index contributed by atoms with van der Waals surface area (Å²) < 4.78 is 24.0. The van der Waals surface area contributed by atoms with Crippen LogP contribution < -0.4 is 14.8 Å². The molecule has 0 unspecified atom stereocenters. The summed E-state index contributed by atoms with van der Waals surface area (Å²) in [6.07, 6.45) is 7.82. The molecule has 1 atom stereocenters. The quantitative estimate of drug-likeness (QED) is 0.467. The molecule has 6 nitrogen and oxygen atoms in total. The van der Waals surface area contributed by atoms with Gasteiger partial charge in [0.1, 0.15) is 11.9 Å². The molecule has 1 aliphatic carbocycles. The summed E-state index contributed by atoms with van der Waals surface area (Å²) in [5.74, 6) is 0.349. The van der Waals surface area contributed by atoms with Crippen LogP contribution >= 0.6 is 0 Å². The number of rotatable bonds is 11. The van der Waals surface area contributed by atoms with Gasteiger partial charge in [-0.1, -0.05) is 29.8 Å². The number of hydrogen-bond acceptors (Lipinski definition) is 4. The molecule has 0 aliphatic heterocycles. The van der Waals surface area contributed by atoms with Gasteiger partial charge in [-0.3, -0.25) is 9.59 Å². The summed E-state index contributed by atoms with van der Waals surface area (Å²) in [5, 5.41) is 2.99. The fourth-order valence-electron chi connectivity index (χ4n) is 4.26. The van der Waals surface area contributed by atoms with Crippen LogP contribution in [0.4, 0.5) is 4.39 Å². The molecule has 2 amide bonds. The molecular formula is C28H35FN2O4. The van der Waals surface area contributed by atoms with Gasteiger partial charge in [0.15, 0.2) is 11.5 Å². The molecule has 0 heterocycles. The van der Waals surface area contributed by atoms with Crippen molar-refractivity contribution in [2.75, 3.05) is 20.8 Å². The average molecular weight is 483 g/mol. The van der Waals surface area contributed by atoms with Gasteiger partial charge >= 0.3 is 0 Å². The first-order valence-corrected chi connectivity index (χ1v) is 12.1. The molecule has 1 aliphatic rings. The number of hydrogen-bond donors (Lipinski definition) is 1. The Morgan fingerprint density at radius 2 is 1.74 bits per heavy atom. The van der Waals surface area contributed by atoms with Gasteiger partial charge in [-0.15, -0.1) is 0 Å². The fourth-order valence-corrected chi connectivity index (χ4v) is 4.26. The lowest BCUT2D eigenvalue weighted by molar-refractivity contribution is -0.140. The third-order valence-corrected chi connectivity index (χ3v) is 6.37. The Kier molecular flexibility index (Phi) is 9.70. The summed E-state index contributed by atoms with van der Waals surface area (Å²) in [4.78, 5) is 27.9. The van der Waals surface area contributed by atoms with Crippen LogP contribution in [-0.2, 0) is 22.6 Å². The molecule has 2 aromatic carbocycles. The second kappa shape index (κ2) is 12.9. The van der Waals surface area contributed by atoms with E-state index in [2.05, 4.69) is 11.4 Å². The maximum Gasteiger partial charge on any atom is 0.242 e. The number of carbonyl (C=O) groups is 2. The predicted octanol–water partition coefficient (Wildman–Crippen LogP) is 4.81. The van der Waals surface area contributed by atoms with E-state index in [-0.39, 0.29) is 30.6 Å². The van der Waals surface area contributed by atoms with Gasteiger partial charge in [0, 0.05) is 13.1 Å². The molecule has 35 heavy (non-hydrogen) atoms. The molecule has 2 aromatic rings. The number of carbonyl (C=O) groups excluding carboxylic acids is 2. The maximum absolute atomic E-state index is 13.4. The van der Waals surface area contributed by atoms with Crippen molar-refractivity contribution < 1.29 is 23.5 Å². The number of nitrogens with zero attached hydrogens (tertiary/aromatic N) is 1. The van der Waals surface area contributed by atoms with E-state index in [4.69, 9.17) is 9.47 Å². The van der Waals surface area contributed by atoms with Crippen molar-refractivity contribution in [1.82, 2.24) is 10.2 Å². The van der Waals surface area contributed by atoms with E-state index >= 15 is 0 Å². The Labute approximate surface area is 207 Å². The van der Waals surface area contributed by atoms with Crippen LogP contribution in [0.25, 0.3) is 0 Å².